The monoisotopic (exact) mass is 336 g/mol. The van der Waals surface area contributed by atoms with Crippen LogP contribution in [-0.4, -0.2) is 42.0 Å². The van der Waals surface area contributed by atoms with Crippen LogP contribution < -0.4 is 5.32 Å². The molecule has 3 rings (SSSR count). The lowest BCUT2D eigenvalue weighted by atomic mass is 9.90. The van der Waals surface area contributed by atoms with Gasteiger partial charge in [-0.1, -0.05) is 0 Å². The zero-order valence-corrected chi connectivity index (χ0v) is 14.8. The van der Waals surface area contributed by atoms with Crippen molar-refractivity contribution in [3.8, 4) is 0 Å². The van der Waals surface area contributed by atoms with Crippen molar-refractivity contribution in [2.75, 3.05) is 13.2 Å². The summed E-state index contributed by atoms with van der Waals surface area (Å²) < 4.78 is 17.1. The van der Waals surface area contributed by atoms with Crippen molar-refractivity contribution in [3.63, 3.8) is 0 Å². The predicted octanol–water partition coefficient (Wildman–Crippen LogP) is 3.19. The smallest absolute Gasteiger partial charge is 0.318 e. The number of aryl methyl sites for hydroxylation is 1. The number of furan rings is 1. The first-order valence-corrected chi connectivity index (χ1v) is 8.88. The van der Waals surface area contributed by atoms with Gasteiger partial charge in [0.2, 0.25) is 0 Å². The van der Waals surface area contributed by atoms with Crippen molar-refractivity contribution in [1.82, 2.24) is 10.2 Å². The number of carbonyl (C=O) groups excluding carboxylic acids is 1. The summed E-state index contributed by atoms with van der Waals surface area (Å²) in [7, 11) is 0. The van der Waals surface area contributed by atoms with Crippen LogP contribution in [-0.2, 0) is 16.0 Å². The van der Waals surface area contributed by atoms with Crippen LogP contribution in [0.4, 0.5) is 4.79 Å². The molecule has 0 bridgehead atoms. The van der Waals surface area contributed by atoms with E-state index in [4.69, 9.17) is 13.9 Å². The van der Waals surface area contributed by atoms with Crippen molar-refractivity contribution >= 4 is 6.03 Å². The molecule has 1 spiro atoms. The van der Waals surface area contributed by atoms with Gasteiger partial charge in [-0.2, -0.15) is 0 Å². The van der Waals surface area contributed by atoms with E-state index in [1.165, 1.54) is 0 Å². The molecule has 1 aromatic heterocycles. The fraction of sp³-hybridized carbons (Fsp3) is 0.722. The number of urea groups is 1. The second-order valence-electron chi connectivity index (χ2n) is 7.07. The number of hydrogen-bond acceptors (Lipinski definition) is 4. The molecule has 2 amide bonds. The summed E-state index contributed by atoms with van der Waals surface area (Å²) in [6.45, 7) is 7.80. The number of carbonyl (C=O) groups is 1. The first kappa shape index (κ1) is 17.3. The Bertz CT molecular complexity index is 553. The third-order valence-corrected chi connectivity index (χ3v) is 4.89. The molecule has 0 unspecified atom stereocenters. The molecule has 1 N–H and O–H groups in total. The lowest BCUT2D eigenvalue weighted by molar-refractivity contribution is -0.179. The second-order valence-corrected chi connectivity index (χ2v) is 7.07. The Morgan fingerprint density at radius 1 is 1.29 bits per heavy atom. The van der Waals surface area contributed by atoms with E-state index < -0.39 is 0 Å². The van der Waals surface area contributed by atoms with Gasteiger partial charge < -0.3 is 24.1 Å². The van der Waals surface area contributed by atoms with Crippen LogP contribution in [0.1, 0.15) is 51.1 Å². The number of hydrogen-bond donors (Lipinski definition) is 1. The average Bonchev–Trinajstić information content (AvgIpc) is 3.16. The zero-order chi connectivity index (χ0) is 17.2. The molecule has 6 heteroatoms. The number of ether oxygens (including phenoxy) is 2. The van der Waals surface area contributed by atoms with E-state index in [0.717, 1.165) is 37.2 Å². The Kier molecular flexibility index (Phi) is 5.15. The van der Waals surface area contributed by atoms with Crippen LogP contribution in [0.3, 0.4) is 0 Å². The summed E-state index contributed by atoms with van der Waals surface area (Å²) in [5, 5.41) is 3.17. The van der Waals surface area contributed by atoms with Gasteiger partial charge in [0, 0.05) is 24.9 Å². The van der Waals surface area contributed by atoms with E-state index in [1.54, 1.807) is 0 Å². The van der Waals surface area contributed by atoms with E-state index in [-0.39, 0.29) is 23.9 Å². The molecule has 2 fully saturated rings. The Labute approximate surface area is 143 Å². The van der Waals surface area contributed by atoms with E-state index in [1.807, 2.05) is 37.8 Å². The molecule has 1 saturated heterocycles. The molecule has 0 radical (unpaired) electrons. The zero-order valence-electron chi connectivity index (χ0n) is 14.8. The third-order valence-electron chi connectivity index (χ3n) is 4.89. The van der Waals surface area contributed by atoms with Gasteiger partial charge in [0.05, 0.1) is 19.8 Å². The molecule has 1 aromatic rings. The molecule has 0 aromatic carbocycles. The van der Waals surface area contributed by atoms with Crippen LogP contribution in [0.25, 0.3) is 0 Å². The van der Waals surface area contributed by atoms with Crippen molar-refractivity contribution in [2.24, 2.45) is 0 Å². The predicted molar refractivity (Wildman–Crippen MR) is 89.5 cm³/mol. The Hall–Kier alpha value is -1.53. The molecule has 0 atom stereocenters. The van der Waals surface area contributed by atoms with Crippen molar-refractivity contribution in [3.05, 3.63) is 23.7 Å². The summed E-state index contributed by atoms with van der Waals surface area (Å²) in [5.41, 5.74) is 0. The first-order valence-electron chi connectivity index (χ1n) is 8.88. The van der Waals surface area contributed by atoms with Crippen molar-refractivity contribution in [1.29, 1.82) is 0 Å². The quantitative estimate of drug-likeness (QED) is 0.917. The SMILES string of the molecule is Cc1ccc(CN(C(=O)NC2CCC3(CC2)OCCO3)C(C)C)o1. The Morgan fingerprint density at radius 2 is 1.96 bits per heavy atom. The minimum absolute atomic E-state index is 0.0340. The van der Waals surface area contributed by atoms with Gasteiger partial charge in [0.25, 0.3) is 0 Å². The van der Waals surface area contributed by atoms with Crippen molar-refractivity contribution in [2.45, 2.75) is 70.9 Å². The van der Waals surface area contributed by atoms with Gasteiger partial charge in [-0.15, -0.1) is 0 Å². The molecular weight excluding hydrogens is 308 g/mol. The molecule has 1 aliphatic carbocycles. The van der Waals surface area contributed by atoms with Gasteiger partial charge in [0.15, 0.2) is 5.79 Å². The van der Waals surface area contributed by atoms with E-state index >= 15 is 0 Å². The van der Waals surface area contributed by atoms with E-state index in [9.17, 15) is 4.79 Å². The van der Waals surface area contributed by atoms with E-state index in [0.29, 0.717) is 19.8 Å². The van der Waals surface area contributed by atoms with Crippen molar-refractivity contribution < 1.29 is 18.7 Å². The first-order chi connectivity index (χ1) is 11.5. The van der Waals surface area contributed by atoms with E-state index in [2.05, 4.69) is 5.32 Å². The Morgan fingerprint density at radius 3 is 2.50 bits per heavy atom. The molecule has 134 valence electrons. The summed E-state index contributed by atoms with van der Waals surface area (Å²) in [6, 6.07) is 4.10. The molecule has 24 heavy (non-hydrogen) atoms. The molecule has 1 saturated carbocycles. The van der Waals surface area contributed by atoms with Crippen LogP contribution in [0.15, 0.2) is 16.5 Å². The second kappa shape index (κ2) is 7.15. The van der Waals surface area contributed by atoms with Gasteiger partial charge >= 0.3 is 6.03 Å². The molecular formula is C18H28N2O4. The minimum Gasteiger partial charge on any atom is -0.464 e. The summed E-state index contributed by atoms with van der Waals surface area (Å²) >= 11 is 0. The highest BCUT2D eigenvalue weighted by Crippen LogP contribution is 2.35. The fourth-order valence-corrected chi connectivity index (χ4v) is 3.47. The maximum atomic E-state index is 12.7. The topological polar surface area (TPSA) is 63.9 Å². The minimum atomic E-state index is -0.384. The largest absolute Gasteiger partial charge is 0.464 e. The standard InChI is InChI=1S/C18H28N2O4/c1-13(2)20(12-16-5-4-14(3)24-16)17(21)19-15-6-8-18(9-7-15)22-10-11-23-18/h4-5,13,15H,6-12H2,1-3H3,(H,19,21). The number of rotatable bonds is 4. The highest BCUT2D eigenvalue weighted by atomic mass is 16.7. The van der Waals surface area contributed by atoms with Crippen LogP contribution in [0, 0.1) is 6.92 Å². The number of nitrogens with zero attached hydrogens (tertiary/aromatic N) is 1. The summed E-state index contributed by atoms with van der Waals surface area (Å²) in [5.74, 6) is 1.29. The number of nitrogens with one attached hydrogen (secondary N) is 1. The molecule has 2 aliphatic rings. The average molecular weight is 336 g/mol. The maximum Gasteiger partial charge on any atom is 0.318 e. The van der Waals surface area contributed by atoms with Gasteiger partial charge in [0.1, 0.15) is 11.5 Å². The van der Waals surface area contributed by atoms with Gasteiger partial charge in [-0.25, -0.2) is 4.79 Å². The van der Waals surface area contributed by atoms with Crippen LogP contribution in [0.2, 0.25) is 0 Å². The lowest BCUT2D eigenvalue weighted by Gasteiger charge is -2.36. The van der Waals surface area contributed by atoms with Gasteiger partial charge in [-0.3, -0.25) is 0 Å². The Balaban J connectivity index is 1.54. The highest BCUT2D eigenvalue weighted by molar-refractivity contribution is 5.74. The third kappa shape index (κ3) is 3.92. The fourth-order valence-electron chi connectivity index (χ4n) is 3.47. The summed E-state index contributed by atoms with van der Waals surface area (Å²) in [6.07, 6.45) is 3.46. The van der Waals surface area contributed by atoms with Crippen LogP contribution in [0.5, 0.6) is 0 Å². The lowest BCUT2D eigenvalue weighted by Crippen LogP contribution is -2.50. The number of amides is 2. The highest BCUT2D eigenvalue weighted by Gasteiger charge is 2.40. The maximum absolute atomic E-state index is 12.7. The van der Waals surface area contributed by atoms with Crippen LogP contribution >= 0.6 is 0 Å². The normalized spacial score (nSPS) is 20.7. The molecule has 1 aliphatic heterocycles. The summed E-state index contributed by atoms with van der Waals surface area (Å²) in [4.78, 5) is 14.5. The molecule has 2 heterocycles. The molecule has 6 nitrogen and oxygen atoms in total. The van der Waals surface area contributed by atoms with Gasteiger partial charge in [-0.05, 0) is 45.7 Å².